The largest absolute Gasteiger partial charge is 0.478 e. The molecule has 0 aromatic heterocycles. The monoisotopic (exact) mass is 265 g/mol. The lowest BCUT2D eigenvalue weighted by Gasteiger charge is -2.14. The van der Waals surface area contributed by atoms with Crippen LogP contribution in [-0.4, -0.2) is 24.7 Å². The second-order valence-corrected chi connectivity index (χ2v) is 4.97. The first kappa shape index (κ1) is 12.4. The Morgan fingerprint density at radius 1 is 1.37 bits per heavy atom. The fourth-order valence-corrected chi connectivity index (χ4v) is 2.08. The molecule has 3 rings (SSSR count). The van der Waals surface area contributed by atoms with Crippen LogP contribution in [0.3, 0.4) is 0 Å². The van der Waals surface area contributed by atoms with Crippen LogP contribution in [0.5, 0.6) is 5.75 Å². The molecule has 5 heteroatoms. The summed E-state index contributed by atoms with van der Waals surface area (Å²) in [7, 11) is 0. The summed E-state index contributed by atoms with van der Waals surface area (Å²) in [6, 6.07) is 4.90. The molecule has 1 saturated heterocycles. The van der Waals surface area contributed by atoms with Crippen LogP contribution >= 0.6 is 0 Å². The summed E-state index contributed by atoms with van der Waals surface area (Å²) in [6.07, 6.45) is 2.32. The second-order valence-electron chi connectivity index (χ2n) is 4.97. The van der Waals surface area contributed by atoms with Crippen LogP contribution in [0.1, 0.15) is 24.8 Å². The number of nitrogens with one attached hydrogen (secondary N) is 1. The van der Waals surface area contributed by atoms with Gasteiger partial charge < -0.3 is 14.8 Å². The van der Waals surface area contributed by atoms with Crippen molar-refractivity contribution in [2.75, 3.05) is 6.61 Å². The fourth-order valence-electron chi connectivity index (χ4n) is 2.08. The highest BCUT2D eigenvalue weighted by Gasteiger charge is 2.29. The minimum atomic E-state index is -0.565. The van der Waals surface area contributed by atoms with E-state index in [0.717, 1.165) is 5.56 Å². The molecular formula is C14H16FNO3. The predicted octanol–water partition coefficient (Wildman–Crippen LogP) is 1.77. The van der Waals surface area contributed by atoms with E-state index in [1.807, 2.05) is 0 Å². The molecule has 1 N–H and O–H groups in total. The van der Waals surface area contributed by atoms with Crippen LogP contribution in [0.2, 0.25) is 0 Å². The van der Waals surface area contributed by atoms with Gasteiger partial charge in [-0.15, -0.1) is 0 Å². The van der Waals surface area contributed by atoms with Crippen LogP contribution in [0.4, 0.5) is 4.39 Å². The number of hydrogen-bond acceptors (Lipinski definition) is 4. The molecule has 0 bridgehead atoms. The number of halogens is 1. The van der Waals surface area contributed by atoms with Crippen molar-refractivity contribution >= 4 is 5.97 Å². The molecule has 0 amide bonds. The minimum absolute atomic E-state index is 0.297. The molecule has 2 fully saturated rings. The van der Waals surface area contributed by atoms with Gasteiger partial charge in [0.25, 0.3) is 0 Å². The normalized spacial score (nSPS) is 22.4. The third-order valence-corrected chi connectivity index (χ3v) is 3.34. The Hall–Kier alpha value is -1.62. The molecule has 102 valence electrons. The zero-order valence-corrected chi connectivity index (χ0v) is 10.5. The summed E-state index contributed by atoms with van der Waals surface area (Å²) in [5.41, 5.74) is 0.742. The van der Waals surface area contributed by atoms with Gasteiger partial charge in [-0.3, -0.25) is 0 Å². The summed E-state index contributed by atoms with van der Waals surface area (Å²) < 4.78 is 23.8. The van der Waals surface area contributed by atoms with Gasteiger partial charge in [-0.25, -0.2) is 9.18 Å². The molecular weight excluding hydrogens is 249 g/mol. The van der Waals surface area contributed by atoms with Gasteiger partial charge in [0, 0.05) is 24.6 Å². The number of carbonyl (C=O) groups excluding carboxylic acids is 1. The van der Waals surface area contributed by atoms with Gasteiger partial charge in [0.1, 0.15) is 11.6 Å². The van der Waals surface area contributed by atoms with E-state index in [4.69, 9.17) is 9.47 Å². The Morgan fingerprint density at radius 3 is 2.89 bits per heavy atom. The van der Waals surface area contributed by atoms with E-state index >= 15 is 0 Å². The van der Waals surface area contributed by atoms with E-state index in [9.17, 15) is 9.18 Å². The molecule has 1 aromatic carbocycles. The van der Waals surface area contributed by atoms with Crippen molar-refractivity contribution in [1.82, 2.24) is 5.32 Å². The van der Waals surface area contributed by atoms with E-state index in [1.165, 1.54) is 25.0 Å². The standard InChI is InChI=1S/C14H16FNO3/c15-10-1-4-12(19-13-5-6-18-14(13)17)9(7-10)8-16-11-2-3-11/h1,4,7,11,13,16H,2-3,5-6,8H2. The Labute approximate surface area is 110 Å². The molecule has 19 heavy (non-hydrogen) atoms. The van der Waals surface area contributed by atoms with E-state index in [-0.39, 0.29) is 11.8 Å². The average molecular weight is 265 g/mol. The molecule has 0 spiro atoms. The molecule has 1 heterocycles. The van der Waals surface area contributed by atoms with Gasteiger partial charge >= 0.3 is 5.97 Å². The highest BCUT2D eigenvalue weighted by Crippen LogP contribution is 2.25. The molecule has 2 aliphatic rings. The van der Waals surface area contributed by atoms with E-state index in [0.29, 0.717) is 31.4 Å². The van der Waals surface area contributed by atoms with Gasteiger partial charge in [-0.05, 0) is 31.0 Å². The van der Waals surface area contributed by atoms with Crippen molar-refractivity contribution in [2.45, 2.75) is 38.0 Å². The van der Waals surface area contributed by atoms with Crippen molar-refractivity contribution in [3.8, 4) is 5.75 Å². The number of esters is 1. The van der Waals surface area contributed by atoms with E-state index in [2.05, 4.69) is 5.32 Å². The zero-order valence-electron chi connectivity index (χ0n) is 10.5. The van der Waals surface area contributed by atoms with Gasteiger partial charge in [-0.2, -0.15) is 0 Å². The summed E-state index contributed by atoms with van der Waals surface area (Å²) in [5.74, 6) is -0.0854. The highest BCUT2D eigenvalue weighted by molar-refractivity contribution is 5.76. The Balaban J connectivity index is 1.72. The van der Waals surface area contributed by atoms with Crippen LogP contribution in [0.25, 0.3) is 0 Å². The number of carbonyl (C=O) groups is 1. The average Bonchev–Trinajstić information content (AvgIpc) is 3.14. The maximum Gasteiger partial charge on any atom is 0.347 e. The highest BCUT2D eigenvalue weighted by atomic mass is 19.1. The summed E-state index contributed by atoms with van der Waals surface area (Å²) >= 11 is 0. The Bertz CT molecular complexity index is 488. The van der Waals surface area contributed by atoms with Crippen molar-refractivity contribution < 1.29 is 18.7 Å². The quantitative estimate of drug-likeness (QED) is 0.824. The summed E-state index contributed by atoms with van der Waals surface area (Å²) in [4.78, 5) is 11.4. The van der Waals surface area contributed by atoms with Crippen LogP contribution < -0.4 is 10.1 Å². The molecule has 1 aliphatic carbocycles. The maximum absolute atomic E-state index is 13.3. The lowest BCUT2D eigenvalue weighted by Crippen LogP contribution is -2.23. The predicted molar refractivity (Wildman–Crippen MR) is 66.3 cm³/mol. The van der Waals surface area contributed by atoms with Crippen LogP contribution in [0.15, 0.2) is 18.2 Å². The van der Waals surface area contributed by atoms with E-state index in [1.54, 1.807) is 6.07 Å². The third-order valence-electron chi connectivity index (χ3n) is 3.34. The van der Waals surface area contributed by atoms with E-state index < -0.39 is 6.10 Å². The van der Waals surface area contributed by atoms with Crippen molar-refractivity contribution in [3.05, 3.63) is 29.6 Å². The zero-order chi connectivity index (χ0) is 13.2. The number of hydrogen-bond donors (Lipinski definition) is 1. The Morgan fingerprint density at radius 2 is 2.21 bits per heavy atom. The van der Waals surface area contributed by atoms with Crippen LogP contribution in [-0.2, 0) is 16.1 Å². The first-order valence-corrected chi connectivity index (χ1v) is 6.57. The minimum Gasteiger partial charge on any atom is -0.478 e. The lowest BCUT2D eigenvalue weighted by atomic mass is 10.2. The van der Waals surface area contributed by atoms with Crippen LogP contribution in [0, 0.1) is 5.82 Å². The number of rotatable bonds is 5. The van der Waals surface area contributed by atoms with Gasteiger partial charge in [0.15, 0.2) is 6.10 Å². The first-order chi connectivity index (χ1) is 9.22. The first-order valence-electron chi connectivity index (χ1n) is 6.57. The van der Waals surface area contributed by atoms with Gasteiger partial charge in [0.2, 0.25) is 0 Å². The fraction of sp³-hybridized carbons (Fsp3) is 0.500. The Kier molecular flexibility index (Phi) is 3.38. The second kappa shape index (κ2) is 5.17. The molecule has 1 unspecified atom stereocenters. The number of cyclic esters (lactones) is 1. The number of benzene rings is 1. The molecule has 0 radical (unpaired) electrons. The van der Waals surface area contributed by atoms with Crippen molar-refractivity contribution in [2.24, 2.45) is 0 Å². The third kappa shape index (κ3) is 3.04. The smallest absolute Gasteiger partial charge is 0.347 e. The molecule has 1 aliphatic heterocycles. The van der Waals surface area contributed by atoms with Crippen molar-refractivity contribution in [1.29, 1.82) is 0 Å². The topological polar surface area (TPSA) is 47.6 Å². The van der Waals surface area contributed by atoms with Gasteiger partial charge in [0.05, 0.1) is 6.61 Å². The molecule has 1 aromatic rings. The lowest BCUT2D eigenvalue weighted by molar-refractivity contribution is -0.143. The molecule has 1 saturated carbocycles. The molecule has 1 atom stereocenters. The summed E-state index contributed by atoms with van der Waals surface area (Å²) in [5, 5.41) is 3.31. The van der Waals surface area contributed by atoms with Crippen molar-refractivity contribution in [3.63, 3.8) is 0 Å². The van der Waals surface area contributed by atoms with Gasteiger partial charge in [-0.1, -0.05) is 0 Å². The maximum atomic E-state index is 13.3. The molecule has 4 nitrogen and oxygen atoms in total. The SMILES string of the molecule is O=C1OCCC1Oc1ccc(F)cc1CNC1CC1. The summed E-state index contributed by atoms with van der Waals surface area (Å²) in [6.45, 7) is 0.944. The number of ether oxygens (including phenoxy) is 2.